The van der Waals surface area contributed by atoms with Gasteiger partial charge in [0.15, 0.2) is 17.1 Å². The van der Waals surface area contributed by atoms with Gasteiger partial charge < -0.3 is 19.4 Å². The summed E-state index contributed by atoms with van der Waals surface area (Å²) in [5.41, 5.74) is 2.88. The van der Waals surface area contributed by atoms with E-state index in [0.717, 1.165) is 16.7 Å². The van der Waals surface area contributed by atoms with Gasteiger partial charge in [0.05, 0.1) is 12.4 Å². The lowest BCUT2D eigenvalue weighted by atomic mass is 10.0. The summed E-state index contributed by atoms with van der Waals surface area (Å²) in [7, 11) is 0. The van der Waals surface area contributed by atoms with E-state index in [-0.39, 0.29) is 24.4 Å². The molecule has 0 bridgehead atoms. The maximum atomic E-state index is 12.9. The van der Waals surface area contributed by atoms with Crippen LogP contribution < -0.4 is 10.1 Å². The summed E-state index contributed by atoms with van der Waals surface area (Å²) in [5, 5.41) is 15.1. The van der Waals surface area contributed by atoms with Gasteiger partial charge in [0.2, 0.25) is 5.91 Å². The third-order valence-corrected chi connectivity index (χ3v) is 7.90. The molecule has 4 aromatic rings. The second kappa shape index (κ2) is 13.1. The van der Waals surface area contributed by atoms with Gasteiger partial charge in [-0.25, -0.2) is 4.79 Å². The zero-order chi connectivity index (χ0) is 27.9. The van der Waals surface area contributed by atoms with Gasteiger partial charge in [0, 0.05) is 22.5 Å². The minimum atomic E-state index is -0.471. The number of nitrogens with zero attached hydrogens (tertiary/aromatic N) is 3. The summed E-state index contributed by atoms with van der Waals surface area (Å²) in [6, 6.07) is 15.0. The van der Waals surface area contributed by atoms with Crippen molar-refractivity contribution in [1.29, 1.82) is 0 Å². The smallest absolute Gasteiger partial charge is 0.341 e. The molecule has 0 spiro atoms. The average molecular weight is 585 g/mol. The van der Waals surface area contributed by atoms with Crippen LogP contribution in [0.3, 0.4) is 0 Å². The molecule has 1 unspecified atom stereocenters. The molecule has 2 heterocycles. The molecular formula is C28H29ClN4O4S2. The molecule has 8 nitrogen and oxygen atoms in total. The van der Waals surface area contributed by atoms with Crippen molar-refractivity contribution in [3.05, 3.63) is 75.9 Å². The second-order valence-corrected chi connectivity index (χ2v) is 10.8. The van der Waals surface area contributed by atoms with Gasteiger partial charge >= 0.3 is 5.97 Å². The van der Waals surface area contributed by atoms with Gasteiger partial charge in [-0.15, -0.1) is 21.5 Å². The van der Waals surface area contributed by atoms with Gasteiger partial charge in [0.1, 0.15) is 16.3 Å². The van der Waals surface area contributed by atoms with Crippen LogP contribution in [0.4, 0.5) is 5.00 Å². The van der Waals surface area contributed by atoms with Gasteiger partial charge in [-0.3, -0.25) is 4.79 Å². The number of halogens is 1. The standard InChI is InChI=1S/C28H29ClN4O4S2/c1-5-33-25(18(4)37-22-13-12-20(29)14-17(22)3)31-32-28(33)39-16-23(34)30-26-24(27(35)36-6-2)21(15-38-26)19-10-8-7-9-11-19/h7-15,18H,5-6,16H2,1-4H3,(H,30,34). The third kappa shape index (κ3) is 6.81. The number of aromatic nitrogens is 3. The highest BCUT2D eigenvalue weighted by Gasteiger charge is 2.24. The van der Waals surface area contributed by atoms with Crippen LogP contribution in [0.5, 0.6) is 5.75 Å². The molecule has 0 radical (unpaired) electrons. The summed E-state index contributed by atoms with van der Waals surface area (Å²) in [6.45, 7) is 8.42. The van der Waals surface area contributed by atoms with Crippen LogP contribution >= 0.6 is 34.7 Å². The summed E-state index contributed by atoms with van der Waals surface area (Å²) >= 11 is 8.62. The zero-order valence-electron chi connectivity index (χ0n) is 22.1. The maximum absolute atomic E-state index is 12.9. The second-order valence-electron chi connectivity index (χ2n) is 8.53. The van der Waals surface area contributed by atoms with Crippen LogP contribution in [-0.2, 0) is 16.1 Å². The topological polar surface area (TPSA) is 95.3 Å². The molecule has 39 heavy (non-hydrogen) atoms. The number of carbonyl (C=O) groups is 2. The van der Waals surface area contributed by atoms with Crippen molar-refractivity contribution >= 4 is 51.6 Å². The Morgan fingerprint density at radius 3 is 2.62 bits per heavy atom. The molecule has 2 aromatic carbocycles. The number of thioether (sulfide) groups is 1. The van der Waals surface area contributed by atoms with E-state index in [1.807, 2.05) is 73.2 Å². The lowest BCUT2D eigenvalue weighted by Crippen LogP contribution is -2.17. The number of nitrogens with one attached hydrogen (secondary N) is 1. The quantitative estimate of drug-likeness (QED) is 0.149. The summed E-state index contributed by atoms with van der Waals surface area (Å²) in [6.07, 6.45) is -0.366. The van der Waals surface area contributed by atoms with E-state index in [1.54, 1.807) is 13.0 Å². The number of thiophene rings is 1. The molecule has 4 rings (SSSR count). The Bertz CT molecular complexity index is 1460. The van der Waals surface area contributed by atoms with Crippen molar-refractivity contribution in [2.45, 2.75) is 45.5 Å². The molecule has 0 aliphatic rings. The van der Waals surface area contributed by atoms with Crippen molar-refractivity contribution in [2.24, 2.45) is 0 Å². The largest absolute Gasteiger partial charge is 0.482 e. The van der Waals surface area contributed by atoms with Gasteiger partial charge in [0.25, 0.3) is 0 Å². The van der Waals surface area contributed by atoms with E-state index >= 15 is 0 Å². The van der Waals surface area contributed by atoms with Crippen molar-refractivity contribution in [1.82, 2.24) is 14.8 Å². The normalized spacial score (nSPS) is 11.7. The van der Waals surface area contributed by atoms with Crippen LogP contribution in [0.2, 0.25) is 5.02 Å². The predicted molar refractivity (Wildman–Crippen MR) is 156 cm³/mol. The van der Waals surface area contributed by atoms with Gasteiger partial charge in [-0.2, -0.15) is 0 Å². The van der Waals surface area contributed by atoms with Crippen LogP contribution in [0.1, 0.15) is 48.6 Å². The number of amides is 1. The molecule has 0 aliphatic carbocycles. The van der Waals surface area contributed by atoms with Crippen LogP contribution in [0.25, 0.3) is 11.1 Å². The maximum Gasteiger partial charge on any atom is 0.341 e. The summed E-state index contributed by atoms with van der Waals surface area (Å²) in [5.74, 6) is 0.727. The lowest BCUT2D eigenvalue weighted by Gasteiger charge is -2.17. The van der Waals surface area contributed by atoms with Crippen molar-refractivity contribution in [3.63, 3.8) is 0 Å². The van der Waals surface area contributed by atoms with E-state index in [4.69, 9.17) is 21.1 Å². The minimum Gasteiger partial charge on any atom is -0.482 e. The number of benzene rings is 2. The molecule has 1 N–H and O–H groups in total. The first kappa shape index (κ1) is 28.7. The Labute approximate surface area is 240 Å². The van der Waals surface area contributed by atoms with E-state index in [9.17, 15) is 9.59 Å². The minimum absolute atomic E-state index is 0.0878. The Balaban J connectivity index is 1.46. The van der Waals surface area contributed by atoms with E-state index in [0.29, 0.717) is 38.9 Å². The molecule has 0 fully saturated rings. The fraction of sp³-hybridized carbons (Fsp3) is 0.286. The first-order valence-electron chi connectivity index (χ1n) is 12.4. The molecule has 1 atom stereocenters. The molecule has 1 amide bonds. The van der Waals surface area contributed by atoms with E-state index in [2.05, 4.69) is 15.5 Å². The zero-order valence-corrected chi connectivity index (χ0v) is 24.5. The van der Waals surface area contributed by atoms with Crippen LogP contribution in [0.15, 0.2) is 59.1 Å². The number of hydrogen-bond acceptors (Lipinski definition) is 8. The predicted octanol–water partition coefficient (Wildman–Crippen LogP) is 7.04. The van der Waals surface area contributed by atoms with Crippen molar-refractivity contribution in [2.75, 3.05) is 17.7 Å². The first-order chi connectivity index (χ1) is 18.8. The van der Waals surface area contributed by atoms with Crippen molar-refractivity contribution in [3.8, 4) is 16.9 Å². The average Bonchev–Trinajstić information content (AvgIpc) is 3.53. The summed E-state index contributed by atoms with van der Waals surface area (Å²) in [4.78, 5) is 25.7. The van der Waals surface area contributed by atoms with Gasteiger partial charge in [-0.1, -0.05) is 53.7 Å². The first-order valence-corrected chi connectivity index (χ1v) is 14.7. The highest BCUT2D eigenvalue weighted by molar-refractivity contribution is 7.99. The van der Waals surface area contributed by atoms with E-state index < -0.39 is 5.97 Å². The van der Waals surface area contributed by atoms with Crippen LogP contribution in [-0.4, -0.2) is 39.0 Å². The van der Waals surface area contributed by atoms with Gasteiger partial charge in [-0.05, 0) is 57.0 Å². The Kier molecular flexibility index (Phi) is 9.66. The number of ether oxygens (including phenoxy) is 2. The molecule has 2 aromatic heterocycles. The fourth-order valence-corrected chi connectivity index (χ4v) is 5.98. The molecule has 11 heteroatoms. The monoisotopic (exact) mass is 584 g/mol. The molecule has 204 valence electrons. The number of aryl methyl sites for hydroxylation is 1. The molecule has 0 saturated carbocycles. The number of rotatable bonds is 11. The molecule has 0 aliphatic heterocycles. The summed E-state index contributed by atoms with van der Waals surface area (Å²) < 4.78 is 13.3. The molecular weight excluding hydrogens is 556 g/mol. The SMILES string of the molecule is CCOC(=O)c1c(-c2ccccc2)csc1NC(=O)CSc1nnc(C(C)Oc2ccc(Cl)cc2C)n1CC. The number of esters is 1. The number of hydrogen-bond donors (Lipinski definition) is 1. The number of anilines is 1. The Hall–Kier alpha value is -3.34. The van der Waals surface area contributed by atoms with Crippen LogP contribution in [0, 0.1) is 6.92 Å². The highest BCUT2D eigenvalue weighted by Crippen LogP contribution is 2.36. The number of carbonyl (C=O) groups excluding carboxylic acids is 2. The van der Waals surface area contributed by atoms with Crippen molar-refractivity contribution < 1.29 is 19.1 Å². The lowest BCUT2D eigenvalue weighted by molar-refractivity contribution is -0.113. The Morgan fingerprint density at radius 2 is 1.92 bits per heavy atom. The van der Waals surface area contributed by atoms with E-state index in [1.165, 1.54) is 23.1 Å². The third-order valence-electron chi connectivity index (χ3n) is 5.81. The fourth-order valence-electron chi connectivity index (χ4n) is 3.97. The molecule has 0 saturated heterocycles. The Morgan fingerprint density at radius 1 is 1.15 bits per heavy atom. The highest BCUT2D eigenvalue weighted by atomic mass is 35.5.